The van der Waals surface area contributed by atoms with E-state index in [-0.39, 0.29) is 31.0 Å². The molecule has 1 rings (SSSR count). The molecule has 0 spiro atoms. The van der Waals surface area contributed by atoms with Gasteiger partial charge in [0.1, 0.15) is 6.23 Å². The summed E-state index contributed by atoms with van der Waals surface area (Å²) in [5.74, 6) is 0. The average molecular weight is 217 g/mol. The van der Waals surface area contributed by atoms with Crippen molar-refractivity contribution in [3.05, 3.63) is 0 Å². The van der Waals surface area contributed by atoms with E-state index < -0.39 is 0 Å². The van der Waals surface area contributed by atoms with Gasteiger partial charge in [0.05, 0.1) is 0 Å². The summed E-state index contributed by atoms with van der Waals surface area (Å²) >= 11 is 0. The fourth-order valence-electron chi connectivity index (χ4n) is 1.24. The zero-order chi connectivity index (χ0) is 7.40. The highest BCUT2D eigenvalue weighted by Gasteiger charge is 2.15. The summed E-state index contributed by atoms with van der Waals surface area (Å²) in [7, 11) is 0. The summed E-state index contributed by atoms with van der Waals surface area (Å²) in [4.78, 5) is 2.11. The van der Waals surface area contributed by atoms with Crippen LogP contribution in [0.1, 0.15) is 13.3 Å². The molecule has 5 heteroatoms. The Labute approximate surface area is 86.3 Å². The summed E-state index contributed by atoms with van der Waals surface area (Å²) in [6.45, 7) is 5.99. The average Bonchev–Trinajstić information content (AvgIpc) is 2.05. The van der Waals surface area contributed by atoms with Crippen molar-refractivity contribution in [3.63, 3.8) is 0 Å². The van der Waals surface area contributed by atoms with Crippen LogP contribution in [0.4, 0.5) is 0 Å². The van der Waals surface area contributed by atoms with Gasteiger partial charge in [-0.05, 0) is 6.42 Å². The van der Waals surface area contributed by atoms with Crippen molar-refractivity contribution in [1.82, 2.24) is 10.2 Å². The Bertz CT molecular complexity index is 99.4. The molecular weight excluding hydrogens is 199 g/mol. The van der Waals surface area contributed by atoms with Crippen LogP contribution in [0, 0.1) is 0 Å². The van der Waals surface area contributed by atoms with Crippen LogP contribution in [0.15, 0.2) is 0 Å². The zero-order valence-corrected chi connectivity index (χ0v) is 8.96. The molecule has 0 aromatic carbocycles. The number of piperazine rings is 1. The molecule has 0 aromatic heterocycles. The molecule has 1 aliphatic rings. The number of nitrogens with zero attached hydrogens (tertiary/aromatic N) is 1. The van der Waals surface area contributed by atoms with Crippen LogP contribution in [0.3, 0.4) is 0 Å². The van der Waals surface area contributed by atoms with Gasteiger partial charge in [-0.15, -0.1) is 24.8 Å². The highest BCUT2D eigenvalue weighted by atomic mass is 35.5. The van der Waals surface area contributed by atoms with E-state index in [9.17, 15) is 5.11 Å². The van der Waals surface area contributed by atoms with Crippen LogP contribution in [-0.4, -0.2) is 42.4 Å². The largest absolute Gasteiger partial charge is 0.378 e. The third kappa shape index (κ3) is 4.48. The van der Waals surface area contributed by atoms with Crippen LogP contribution in [0.25, 0.3) is 0 Å². The molecule has 1 fully saturated rings. The van der Waals surface area contributed by atoms with Crippen molar-refractivity contribution in [2.45, 2.75) is 19.6 Å². The number of aliphatic hydroxyl groups excluding tert-OH is 1. The molecule has 12 heavy (non-hydrogen) atoms. The summed E-state index contributed by atoms with van der Waals surface area (Å²) in [5.41, 5.74) is 0. The topological polar surface area (TPSA) is 35.5 Å². The Hall–Kier alpha value is 0.460. The number of halogens is 2. The first-order valence-corrected chi connectivity index (χ1v) is 3.97. The molecule has 0 amide bonds. The third-order valence-electron chi connectivity index (χ3n) is 1.94. The second kappa shape index (κ2) is 8.08. The molecule has 1 unspecified atom stereocenters. The van der Waals surface area contributed by atoms with Gasteiger partial charge in [0.2, 0.25) is 0 Å². The van der Waals surface area contributed by atoms with Gasteiger partial charge in [-0.1, -0.05) is 6.92 Å². The van der Waals surface area contributed by atoms with E-state index in [2.05, 4.69) is 10.2 Å². The lowest BCUT2D eigenvalue weighted by Gasteiger charge is -2.30. The maximum atomic E-state index is 9.38. The maximum Gasteiger partial charge on any atom is 0.107 e. The monoisotopic (exact) mass is 216 g/mol. The van der Waals surface area contributed by atoms with Crippen molar-refractivity contribution < 1.29 is 5.11 Å². The molecule has 2 N–H and O–H groups in total. The minimum absolute atomic E-state index is 0. The molecule has 76 valence electrons. The SMILES string of the molecule is CCC(O)N1CCNCC1.Cl.Cl. The lowest BCUT2D eigenvalue weighted by Crippen LogP contribution is -2.48. The molecular formula is C7H18Cl2N2O. The second-order valence-corrected chi connectivity index (χ2v) is 2.67. The zero-order valence-electron chi connectivity index (χ0n) is 7.32. The van der Waals surface area contributed by atoms with Gasteiger partial charge in [-0.25, -0.2) is 0 Å². The maximum absolute atomic E-state index is 9.38. The van der Waals surface area contributed by atoms with Gasteiger partial charge in [-0.2, -0.15) is 0 Å². The molecule has 0 saturated carbocycles. The predicted molar refractivity (Wildman–Crippen MR) is 55.2 cm³/mol. The van der Waals surface area contributed by atoms with E-state index in [4.69, 9.17) is 0 Å². The van der Waals surface area contributed by atoms with Crippen LogP contribution in [0.2, 0.25) is 0 Å². The van der Waals surface area contributed by atoms with Crippen molar-refractivity contribution >= 4 is 24.8 Å². The molecule has 0 radical (unpaired) electrons. The molecule has 0 bridgehead atoms. The Kier molecular flexibility index (Phi) is 10.1. The van der Waals surface area contributed by atoms with Gasteiger partial charge in [0.15, 0.2) is 0 Å². The summed E-state index contributed by atoms with van der Waals surface area (Å²) in [6.07, 6.45) is 0.613. The lowest BCUT2D eigenvalue weighted by molar-refractivity contribution is -0.00563. The van der Waals surface area contributed by atoms with Gasteiger partial charge < -0.3 is 10.4 Å². The third-order valence-corrected chi connectivity index (χ3v) is 1.94. The minimum Gasteiger partial charge on any atom is -0.378 e. The van der Waals surface area contributed by atoms with Crippen molar-refractivity contribution in [1.29, 1.82) is 0 Å². The highest BCUT2D eigenvalue weighted by molar-refractivity contribution is 5.85. The number of aliphatic hydroxyl groups is 1. The highest BCUT2D eigenvalue weighted by Crippen LogP contribution is 2.00. The number of rotatable bonds is 2. The van der Waals surface area contributed by atoms with E-state index >= 15 is 0 Å². The number of hydrogen-bond acceptors (Lipinski definition) is 3. The normalized spacial score (nSPS) is 20.5. The molecule has 1 atom stereocenters. The summed E-state index contributed by atoms with van der Waals surface area (Å²) < 4.78 is 0. The minimum atomic E-state index is -0.220. The molecule has 1 saturated heterocycles. The van der Waals surface area contributed by atoms with E-state index in [1.54, 1.807) is 0 Å². The van der Waals surface area contributed by atoms with Crippen LogP contribution < -0.4 is 5.32 Å². The van der Waals surface area contributed by atoms with Gasteiger partial charge in [0.25, 0.3) is 0 Å². The fraction of sp³-hybridized carbons (Fsp3) is 1.00. The van der Waals surface area contributed by atoms with E-state index in [0.717, 1.165) is 32.6 Å². The summed E-state index contributed by atoms with van der Waals surface area (Å²) in [6, 6.07) is 0. The fourth-order valence-corrected chi connectivity index (χ4v) is 1.24. The van der Waals surface area contributed by atoms with E-state index in [0.29, 0.717) is 0 Å². The number of nitrogens with one attached hydrogen (secondary N) is 1. The molecule has 1 aliphatic heterocycles. The van der Waals surface area contributed by atoms with Crippen LogP contribution >= 0.6 is 24.8 Å². The van der Waals surface area contributed by atoms with E-state index in [1.807, 2.05) is 6.92 Å². The van der Waals surface area contributed by atoms with Crippen molar-refractivity contribution in [2.75, 3.05) is 26.2 Å². The lowest BCUT2D eigenvalue weighted by atomic mass is 10.3. The van der Waals surface area contributed by atoms with Crippen molar-refractivity contribution in [2.24, 2.45) is 0 Å². The quantitative estimate of drug-likeness (QED) is 0.705. The second-order valence-electron chi connectivity index (χ2n) is 2.67. The van der Waals surface area contributed by atoms with Crippen LogP contribution in [-0.2, 0) is 0 Å². The van der Waals surface area contributed by atoms with Crippen molar-refractivity contribution in [3.8, 4) is 0 Å². The molecule has 3 nitrogen and oxygen atoms in total. The first kappa shape index (κ1) is 15.0. The van der Waals surface area contributed by atoms with Gasteiger partial charge in [0, 0.05) is 26.2 Å². The molecule has 0 aliphatic carbocycles. The molecule has 0 aromatic rings. The van der Waals surface area contributed by atoms with Gasteiger partial charge in [-0.3, -0.25) is 4.90 Å². The first-order valence-electron chi connectivity index (χ1n) is 3.97. The van der Waals surface area contributed by atoms with E-state index in [1.165, 1.54) is 0 Å². The Balaban J connectivity index is 0. The molecule has 1 heterocycles. The Morgan fingerprint density at radius 2 is 1.83 bits per heavy atom. The Morgan fingerprint density at radius 1 is 1.33 bits per heavy atom. The van der Waals surface area contributed by atoms with Gasteiger partial charge >= 0.3 is 0 Å². The predicted octanol–water partition coefficient (Wildman–Crippen LogP) is 0.464. The van der Waals surface area contributed by atoms with Crippen LogP contribution in [0.5, 0.6) is 0 Å². The number of hydrogen-bond donors (Lipinski definition) is 2. The summed E-state index contributed by atoms with van der Waals surface area (Å²) in [5, 5.41) is 12.6. The standard InChI is InChI=1S/C7H16N2O.2ClH/c1-2-7(10)9-5-3-8-4-6-9;;/h7-8,10H,2-6H2,1H3;2*1H. The Morgan fingerprint density at radius 3 is 2.25 bits per heavy atom. The smallest absolute Gasteiger partial charge is 0.107 e. The first-order chi connectivity index (χ1) is 4.84.